The van der Waals surface area contributed by atoms with Gasteiger partial charge in [-0.25, -0.2) is 4.98 Å². The van der Waals surface area contributed by atoms with Crippen LogP contribution in [0.3, 0.4) is 0 Å². The molecule has 2 aromatic rings. The van der Waals surface area contributed by atoms with Crippen molar-refractivity contribution >= 4 is 23.2 Å². The second-order valence-corrected chi connectivity index (χ2v) is 3.86. The van der Waals surface area contributed by atoms with Gasteiger partial charge in [-0.2, -0.15) is 0 Å². The number of hydrogen-bond acceptors (Lipinski definition) is 3. The van der Waals surface area contributed by atoms with Gasteiger partial charge in [0.2, 0.25) is 0 Å². The van der Waals surface area contributed by atoms with Crippen molar-refractivity contribution in [3.8, 4) is 17.0 Å². The maximum Gasteiger partial charge on any atom is 0.137 e. The van der Waals surface area contributed by atoms with Crippen molar-refractivity contribution in [3.63, 3.8) is 0 Å². The third-order valence-electron chi connectivity index (χ3n) is 2.03. The van der Waals surface area contributed by atoms with Crippen LogP contribution in [0.2, 0.25) is 10.3 Å². The van der Waals surface area contributed by atoms with Gasteiger partial charge in [-0.3, -0.25) is 4.98 Å². The third kappa shape index (κ3) is 2.43. The van der Waals surface area contributed by atoms with Crippen LogP contribution in [-0.4, -0.2) is 17.1 Å². The van der Waals surface area contributed by atoms with Gasteiger partial charge >= 0.3 is 0 Å². The lowest BCUT2D eigenvalue weighted by atomic mass is 10.2. The monoisotopic (exact) mass is 254 g/mol. The van der Waals surface area contributed by atoms with Crippen molar-refractivity contribution in [3.05, 3.63) is 40.8 Å². The Morgan fingerprint density at radius 1 is 1.12 bits per heavy atom. The molecule has 0 aromatic carbocycles. The molecule has 2 aromatic heterocycles. The zero-order chi connectivity index (χ0) is 11.5. The number of nitrogens with zero attached hydrogens (tertiary/aromatic N) is 2. The standard InChI is InChI=1S/C11H8Cl2N2O/c1-16-8-2-3-9(14-6-8)7-4-10(12)15-11(13)5-7/h2-6H,1H3. The highest BCUT2D eigenvalue weighted by Gasteiger charge is 2.03. The van der Waals surface area contributed by atoms with Crippen LogP contribution in [0.4, 0.5) is 0 Å². The van der Waals surface area contributed by atoms with Crippen molar-refractivity contribution in [1.29, 1.82) is 0 Å². The van der Waals surface area contributed by atoms with Crippen LogP contribution < -0.4 is 4.74 Å². The molecule has 16 heavy (non-hydrogen) atoms. The van der Waals surface area contributed by atoms with Gasteiger partial charge in [-0.1, -0.05) is 23.2 Å². The summed E-state index contributed by atoms with van der Waals surface area (Å²) in [5, 5.41) is 0.695. The summed E-state index contributed by atoms with van der Waals surface area (Å²) in [6.07, 6.45) is 1.64. The van der Waals surface area contributed by atoms with E-state index >= 15 is 0 Å². The van der Waals surface area contributed by atoms with Crippen LogP contribution in [0.1, 0.15) is 0 Å². The van der Waals surface area contributed by atoms with Crippen LogP contribution in [-0.2, 0) is 0 Å². The maximum atomic E-state index is 5.81. The number of ether oxygens (including phenoxy) is 1. The summed E-state index contributed by atoms with van der Waals surface area (Å²) in [5.74, 6) is 0.704. The molecule has 0 aliphatic carbocycles. The Labute approximate surface area is 103 Å². The summed E-state index contributed by atoms with van der Waals surface area (Å²) >= 11 is 11.6. The molecule has 2 heterocycles. The Hall–Kier alpha value is -1.32. The predicted octanol–water partition coefficient (Wildman–Crippen LogP) is 3.46. The fourth-order valence-electron chi connectivity index (χ4n) is 1.28. The first-order valence-electron chi connectivity index (χ1n) is 4.52. The zero-order valence-corrected chi connectivity index (χ0v) is 9.96. The lowest BCUT2D eigenvalue weighted by Crippen LogP contribution is -1.88. The number of rotatable bonds is 2. The first-order valence-corrected chi connectivity index (χ1v) is 5.28. The van der Waals surface area contributed by atoms with Crippen LogP contribution in [0.25, 0.3) is 11.3 Å². The summed E-state index contributed by atoms with van der Waals surface area (Å²) < 4.78 is 5.03. The lowest BCUT2D eigenvalue weighted by molar-refractivity contribution is 0.413. The van der Waals surface area contributed by atoms with Crippen molar-refractivity contribution in [2.24, 2.45) is 0 Å². The molecule has 0 radical (unpaired) electrons. The summed E-state index contributed by atoms with van der Waals surface area (Å²) in [4.78, 5) is 8.10. The first kappa shape index (κ1) is 11.2. The van der Waals surface area contributed by atoms with Gasteiger partial charge in [0.15, 0.2) is 0 Å². The summed E-state index contributed by atoms with van der Waals surface area (Å²) in [5.41, 5.74) is 1.60. The van der Waals surface area contributed by atoms with E-state index in [9.17, 15) is 0 Å². The Morgan fingerprint density at radius 3 is 2.31 bits per heavy atom. The van der Waals surface area contributed by atoms with E-state index < -0.39 is 0 Å². The fraction of sp³-hybridized carbons (Fsp3) is 0.0909. The van der Waals surface area contributed by atoms with Gasteiger partial charge < -0.3 is 4.74 Å². The van der Waals surface area contributed by atoms with E-state index in [0.29, 0.717) is 16.1 Å². The topological polar surface area (TPSA) is 35.0 Å². The highest BCUT2D eigenvalue weighted by molar-refractivity contribution is 6.32. The van der Waals surface area contributed by atoms with Crippen LogP contribution in [0.5, 0.6) is 5.75 Å². The fourth-order valence-corrected chi connectivity index (χ4v) is 1.75. The van der Waals surface area contributed by atoms with Gasteiger partial charge in [0.05, 0.1) is 19.0 Å². The molecular formula is C11H8Cl2N2O. The molecule has 0 bridgehead atoms. The van der Waals surface area contributed by atoms with E-state index in [1.165, 1.54) is 0 Å². The Kier molecular flexibility index (Phi) is 3.27. The van der Waals surface area contributed by atoms with Crippen LogP contribution in [0.15, 0.2) is 30.5 Å². The SMILES string of the molecule is COc1ccc(-c2cc(Cl)nc(Cl)c2)nc1. The van der Waals surface area contributed by atoms with Gasteiger partial charge in [-0.15, -0.1) is 0 Å². The minimum absolute atomic E-state index is 0.347. The molecule has 0 saturated carbocycles. The normalized spacial score (nSPS) is 10.2. The molecule has 0 amide bonds. The maximum absolute atomic E-state index is 5.81. The van der Waals surface area contributed by atoms with Gasteiger partial charge in [-0.05, 0) is 24.3 Å². The number of halogens is 2. The second-order valence-electron chi connectivity index (χ2n) is 3.08. The molecule has 0 fully saturated rings. The Balaban J connectivity index is 2.42. The Bertz CT molecular complexity index is 480. The molecule has 0 aliphatic heterocycles. The zero-order valence-electron chi connectivity index (χ0n) is 8.45. The van der Waals surface area contributed by atoms with E-state index in [-0.39, 0.29) is 0 Å². The minimum atomic E-state index is 0.347. The molecule has 0 N–H and O–H groups in total. The largest absolute Gasteiger partial charge is 0.495 e. The van der Waals surface area contributed by atoms with E-state index in [1.54, 1.807) is 25.4 Å². The average molecular weight is 255 g/mol. The van der Waals surface area contributed by atoms with Crippen molar-refractivity contribution < 1.29 is 4.74 Å². The molecule has 5 heteroatoms. The lowest BCUT2D eigenvalue weighted by Gasteiger charge is -2.03. The molecule has 0 saturated heterocycles. The van der Waals surface area contributed by atoms with E-state index in [1.807, 2.05) is 12.1 Å². The molecule has 3 nitrogen and oxygen atoms in total. The number of pyridine rings is 2. The molecule has 0 spiro atoms. The third-order valence-corrected chi connectivity index (χ3v) is 2.42. The van der Waals surface area contributed by atoms with E-state index in [2.05, 4.69) is 9.97 Å². The Morgan fingerprint density at radius 2 is 1.81 bits per heavy atom. The van der Waals surface area contributed by atoms with Crippen molar-refractivity contribution in [2.75, 3.05) is 7.11 Å². The van der Waals surface area contributed by atoms with Crippen LogP contribution in [0, 0.1) is 0 Å². The van der Waals surface area contributed by atoms with E-state index in [4.69, 9.17) is 27.9 Å². The van der Waals surface area contributed by atoms with E-state index in [0.717, 1.165) is 11.3 Å². The molecular weight excluding hydrogens is 247 g/mol. The summed E-state index contributed by atoms with van der Waals surface area (Å²) in [7, 11) is 1.59. The smallest absolute Gasteiger partial charge is 0.137 e. The van der Waals surface area contributed by atoms with Crippen molar-refractivity contribution in [1.82, 2.24) is 9.97 Å². The predicted molar refractivity (Wildman–Crippen MR) is 64.0 cm³/mol. The van der Waals surface area contributed by atoms with Crippen LogP contribution >= 0.6 is 23.2 Å². The van der Waals surface area contributed by atoms with Crippen molar-refractivity contribution in [2.45, 2.75) is 0 Å². The highest BCUT2D eigenvalue weighted by atomic mass is 35.5. The number of hydrogen-bond donors (Lipinski definition) is 0. The second kappa shape index (κ2) is 4.68. The summed E-state index contributed by atoms with van der Waals surface area (Å²) in [6.45, 7) is 0. The molecule has 0 unspecified atom stereocenters. The molecule has 0 atom stereocenters. The number of methoxy groups -OCH3 is 1. The first-order chi connectivity index (χ1) is 7.69. The molecule has 0 aliphatic rings. The van der Waals surface area contributed by atoms with Gasteiger partial charge in [0, 0.05) is 5.56 Å². The molecule has 2 rings (SSSR count). The molecule has 82 valence electrons. The number of aromatic nitrogens is 2. The minimum Gasteiger partial charge on any atom is -0.495 e. The quantitative estimate of drug-likeness (QED) is 0.771. The van der Waals surface area contributed by atoms with Gasteiger partial charge in [0.25, 0.3) is 0 Å². The average Bonchev–Trinajstić information content (AvgIpc) is 2.28. The highest BCUT2D eigenvalue weighted by Crippen LogP contribution is 2.24. The summed E-state index contributed by atoms with van der Waals surface area (Å²) in [6, 6.07) is 7.08. The van der Waals surface area contributed by atoms with Gasteiger partial charge in [0.1, 0.15) is 16.1 Å².